The SMILES string of the molecule is C=CC(=O)N1CCN(C(=O)c2cccc(-c3ccccc3)c2)C2CC21. The van der Waals surface area contributed by atoms with E-state index in [1.54, 1.807) is 0 Å². The number of hydrogen-bond donors (Lipinski definition) is 0. The lowest BCUT2D eigenvalue weighted by molar-refractivity contribution is -0.127. The summed E-state index contributed by atoms with van der Waals surface area (Å²) in [6.45, 7) is 4.72. The second kappa shape index (κ2) is 6.20. The average Bonchev–Trinajstić information content (AvgIpc) is 3.47. The highest BCUT2D eigenvalue weighted by molar-refractivity contribution is 5.96. The molecule has 2 unspecified atom stereocenters. The zero-order valence-electron chi connectivity index (χ0n) is 14.0. The highest BCUT2D eigenvalue weighted by atomic mass is 16.2. The molecule has 1 saturated heterocycles. The van der Waals surface area contributed by atoms with Gasteiger partial charge in [0.05, 0.1) is 12.1 Å². The number of piperazine rings is 1. The van der Waals surface area contributed by atoms with E-state index >= 15 is 0 Å². The van der Waals surface area contributed by atoms with Crippen LogP contribution in [-0.2, 0) is 4.79 Å². The number of carbonyl (C=O) groups is 2. The van der Waals surface area contributed by atoms with Gasteiger partial charge in [-0.1, -0.05) is 49.0 Å². The molecule has 2 aromatic carbocycles. The van der Waals surface area contributed by atoms with Crippen LogP contribution in [0.1, 0.15) is 16.8 Å². The molecular formula is C21H20N2O2. The molecule has 2 amide bonds. The van der Waals surface area contributed by atoms with E-state index in [1.165, 1.54) is 6.08 Å². The van der Waals surface area contributed by atoms with Gasteiger partial charge in [-0.25, -0.2) is 0 Å². The summed E-state index contributed by atoms with van der Waals surface area (Å²) in [4.78, 5) is 28.6. The quantitative estimate of drug-likeness (QED) is 0.811. The molecule has 2 fully saturated rings. The summed E-state index contributed by atoms with van der Waals surface area (Å²) in [6.07, 6.45) is 2.22. The zero-order valence-corrected chi connectivity index (χ0v) is 14.0. The lowest BCUT2D eigenvalue weighted by Gasteiger charge is -2.33. The van der Waals surface area contributed by atoms with Crippen molar-refractivity contribution in [2.75, 3.05) is 13.1 Å². The van der Waals surface area contributed by atoms with E-state index in [-0.39, 0.29) is 23.9 Å². The minimum Gasteiger partial charge on any atom is -0.332 e. The summed E-state index contributed by atoms with van der Waals surface area (Å²) in [5.74, 6) is 0.0154. The van der Waals surface area contributed by atoms with Crippen molar-refractivity contribution in [2.45, 2.75) is 18.5 Å². The lowest BCUT2D eigenvalue weighted by Crippen LogP contribution is -2.50. The summed E-state index contributed by atoms with van der Waals surface area (Å²) in [6, 6.07) is 18.1. The van der Waals surface area contributed by atoms with Crippen LogP contribution in [0.15, 0.2) is 67.3 Å². The van der Waals surface area contributed by atoms with Crippen LogP contribution >= 0.6 is 0 Å². The van der Waals surface area contributed by atoms with Gasteiger partial charge < -0.3 is 9.80 Å². The summed E-state index contributed by atoms with van der Waals surface area (Å²) in [5.41, 5.74) is 2.85. The summed E-state index contributed by atoms with van der Waals surface area (Å²) < 4.78 is 0. The van der Waals surface area contributed by atoms with Gasteiger partial charge in [0.25, 0.3) is 5.91 Å². The molecule has 126 valence electrons. The van der Waals surface area contributed by atoms with Gasteiger partial charge in [-0.2, -0.15) is 0 Å². The predicted molar refractivity (Wildman–Crippen MR) is 97.0 cm³/mol. The van der Waals surface area contributed by atoms with Crippen molar-refractivity contribution in [3.63, 3.8) is 0 Å². The number of amides is 2. The van der Waals surface area contributed by atoms with Gasteiger partial charge in [-0.05, 0) is 35.8 Å². The smallest absolute Gasteiger partial charge is 0.254 e. The van der Waals surface area contributed by atoms with E-state index in [2.05, 4.69) is 6.58 Å². The first-order valence-corrected chi connectivity index (χ1v) is 8.58. The Morgan fingerprint density at radius 1 is 0.920 bits per heavy atom. The van der Waals surface area contributed by atoms with Crippen molar-refractivity contribution >= 4 is 11.8 Å². The number of rotatable bonds is 3. The van der Waals surface area contributed by atoms with Gasteiger partial charge in [0.1, 0.15) is 0 Å². The Balaban J connectivity index is 1.53. The minimum atomic E-state index is -0.0364. The van der Waals surface area contributed by atoms with Crippen LogP contribution in [0.4, 0.5) is 0 Å². The van der Waals surface area contributed by atoms with Crippen molar-refractivity contribution < 1.29 is 9.59 Å². The van der Waals surface area contributed by atoms with E-state index < -0.39 is 0 Å². The highest BCUT2D eigenvalue weighted by Crippen LogP contribution is 2.37. The fourth-order valence-corrected chi connectivity index (χ4v) is 3.66. The first-order valence-electron chi connectivity index (χ1n) is 8.58. The van der Waals surface area contributed by atoms with E-state index in [9.17, 15) is 9.59 Å². The molecule has 0 spiro atoms. The van der Waals surface area contributed by atoms with Crippen molar-refractivity contribution in [1.82, 2.24) is 9.80 Å². The van der Waals surface area contributed by atoms with Crippen molar-refractivity contribution in [3.8, 4) is 11.1 Å². The molecule has 4 rings (SSSR count). The second-order valence-electron chi connectivity index (χ2n) is 6.55. The number of carbonyl (C=O) groups excluding carboxylic acids is 2. The third-order valence-electron chi connectivity index (χ3n) is 5.04. The standard InChI is InChI=1S/C21H20N2O2/c1-2-20(24)22-11-12-23(19-14-18(19)22)21(25)17-10-6-9-16(13-17)15-7-4-3-5-8-15/h2-10,13,18-19H,1,11-12,14H2. The van der Waals surface area contributed by atoms with Crippen LogP contribution in [0.25, 0.3) is 11.1 Å². The van der Waals surface area contributed by atoms with Gasteiger partial charge in [0.15, 0.2) is 0 Å². The van der Waals surface area contributed by atoms with E-state index in [0.717, 1.165) is 17.5 Å². The Morgan fingerprint density at radius 3 is 2.36 bits per heavy atom. The first-order chi connectivity index (χ1) is 12.2. The molecule has 1 heterocycles. The molecule has 4 nitrogen and oxygen atoms in total. The van der Waals surface area contributed by atoms with Crippen molar-refractivity contribution in [1.29, 1.82) is 0 Å². The second-order valence-corrected chi connectivity index (χ2v) is 6.55. The number of benzene rings is 2. The maximum absolute atomic E-state index is 13.0. The number of nitrogens with zero attached hydrogens (tertiary/aromatic N) is 2. The summed E-state index contributed by atoms with van der Waals surface area (Å²) in [7, 11) is 0. The lowest BCUT2D eigenvalue weighted by atomic mass is 10.0. The zero-order chi connectivity index (χ0) is 17.4. The molecule has 25 heavy (non-hydrogen) atoms. The van der Waals surface area contributed by atoms with Gasteiger partial charge in [-0.3, -0.25) is 9.59 Å². The van der Waals surface area contributed by atoms with E-state index in [0.29, 0.717) is 18.7 Å². The van der Waals surface area contributed by atoms with Crippen LogP contribution in [0.5, 0.6) is 0 Å². The molecule has 0 N–H and O–H groups in total. The van der Waals surface area contributed by atoms with Crippen LogP contribution < -0.4 is 0 Å². The van der Waals surface area contributed by atoms with Gasteiger partial charge >= 0.3 is 0 Å². The van der Waals surface area contributed by atoms with Gasteiger partial charge in [0.2, 0.25) is 5.91 Å². The minimum absolute atomic E-state index is 0.0364. The van der Waals surface area contributed by atoms with Crippen molar-refractivity contribution in [3.05, 3.63) is 72.8 Å². The molecule has 0 aromatic heterocycles. The number of hydrogen-bond acceptors (Lipinski definition) is 2. The topological polar surface area (TPSA) is 40.6 Å². The molecule has 1 saturated carbocycles. The maximum atomic E-state index is 13.0. The molecule has 1 aliphatic heterocycles. The Bertz CT molecular complexity index is 831. The molecule has 1 aliphatic carbocycles. The molecule has 0 radical (unpaired) electrons. The monoisotopic (exact) mass is 332 g/mol. The molecule has 2 atom stereocenters. The van der Waals surface area contributed by atoms with Crippen LogP contribution in [0.3, 0.4) is 0 Å². The Labute approximate surface area is 147 Å². The fraction of sp³-hybridized carbons (Fsp3) is 0.238. The van der Waals surface area contributed by atoms with E-state index in [4.69, 9.17) is 0 Å². The van der Waals surface area contributed by atoms with Crippen LogP contribution in [-0.4, -0.2) is 46.8 Å². The van der Waals surface area contributed by atoms with Gasteiger partial charge in [-0.15, -0.1) is 0 Å². The van der Waals surface area contributed by atoms with Crippen LogP contribution in [0.2, 0.25) is 0 Å². The largest absolute Gasteiger partial charge is 0.332 e. The normalized spacial score (nSPS) is 21.4. The molecule has 4 heteroatoms. The summed E-state index contributed by atoms with van der Waals surface area (Å²) in [5, 5.41) is 0. The third-order valence-corrected chi connectivity index (χ3v) is 5.04. The molecule has 0 bridgehead atoms. The first kappa shape index (κ1) is 15.6. The average molecular weight is 332 g/mol. The fourth-order valence-electron chi connectivity index (χ4n) is 3.66. The molecule has 2 aliphatic rings. The number of fused-ring (bicyclic) bond motifs is 1. The predicted octanol–water partition coefficient (Wildman–Crippen LogP) is 2.96. The van der Waals surface area contributed by atoms with E-state index in [1.807, 2.05) is 64.4 Å². The van der Waals surface area contributed by atoms with Crippen molar-refractivity contribution in [2.24, 2.45) is 0 Å². The van der Waals surface area contributed by atoms with Crippen LogP contribution in [0, 0.1) is 0 Å². The maximum Gasteiger partial charge on any atom is 0.254 e. The molecular weight excluding hydrogens is 312 g/mol. The Morgan fingerprint density at radius 2 is 1.60 bits per heavy atom. The Hall–Kier alpha value is -2.88. The third kappa shape index (κ3) is 2.84. The molecule has 2 aromatic rings. The highest BCUT2D eigenvalue weighted by Gasteiger charge is 2.51. The summed E-state index contributed by atoms with van der Waals surface area (Å²) >= 11 is 0. The Kier molecular flexibility index (Phi) is 3.88. The van der Waals surface area contributed by atoms with Gasteiger partial charge in [0, 0.05) is 18.7 Å².